The quantitative estimate of drug-likeness (QED) is 0.845. The fourth-order valence-corrected chi connectivity index (χ4v) is 4.13. The summed E-state index contributed by atoms with van der Waals surface area (Å²) in [6, 6.07) is 14.3. The molecule has 0 radical (unpaired) electrons. The smallest absolute Gasteiger partial charge is 0.262 e. The maximum atomic E-state index is 12.3. The summed E-state index contributed by atoms with van der Waals surface area (Å²) >= 11 is 0. The molecule has 0 saturated carbocycles. The summed E-state index contributed by atoms with van der Waals surface area (Å²) in [5, 5.41) is 2.94. The predicted octanol–water partition coefficient (Wildman–Crippen LogP) is 4.57. The first-order valence-electron chi connectivity index (χ1n) is 10.2. The Labute approximate surface area is 161 Å². The predicted molar refractivity (Wildman–Crippen MR) is 110 cm³/mol. The Morgan fingerprint density at radius 1 is 0.926 bits per heavy atom. The molecule has 1 fully saturated rings. The Hall–Kier alpha value is -2.49. The summed E-state index contributed by atoms with van der Waals surface area (Å²) in [5.41, 5.74) is 4.70. The van der Waals surface area contributed by atoms with Crippen molar-refractivity contribution < 1.29 is 9.53 Å². The first-order valence-corrected chi connectivity index (χ1v) is 10.2. The van der Waals surface area contributed by atoms with Crippen LogP contribution >= 0.6 is 0 Å². The van der Waals surface area contributed by atoms with Gasteiger partial charge < -0.3 is 15.0 Å². The summed E-state index contributed by atoms with van der Waals surface area (Å²) in [6.45, 7) is 2.30. The molecule has 0 spiro atoms. The maximum absolute atomic E-state index is 12.3. The second kappa shape index (κ2) is 8.47. The summed E-state index contributed by atoms with van der Waals surface area (Å²) < 4.78 is 5.84. The lowest BCUT2D eigenvalue weighted by Gasteiger charge is -2.28. The Morgan fingerprint density at radius 3 is 2.52 bits per heavy atom. The van der Waals surface area contributed by atoms with Gasteiger partial charge in [-0.3, -0.25) is 4.79 Å². The van der Waals surface area contributed by atoms with Crippen LogP contribution in [0.4, 0.5) is 11.4 Å². The summed E-state index contributed by atoms with van der Waals surface area (Å²) in [6.07, 6.45) is 8.45. The Bertz CT molecular complexity index is 779. The number of carbonyl (C=O) groups excluding carboxylic acids is 1. The minimum atomic E-state index is -0.117. The third-order valence-corrected chi connectivity index (χ3v) is 5.58. The highest BCUT2D eigenvalue weighted by atomic mass is 16.5. The van der Waals surface area contributed by atoms with Crippen LogP contribution in [0.25, 0.3) is 0 Å². The highest BCUT2D eigenvalue weighted by Gasteiger charge is 2.15. The molecule has 0 atom stereocenters. The number of fused-ring (bicyclic) bond motifs is 1. The van der Waals surface area contributed by atoms with Gasteiger partial charge in [-0.25, -0.2) is 0 Å². The van der Waals surface area contributed by atoms with Crippen LogP contribution in [0.2, 0.25) is 0 Å². The van der Waals surface area contributed by atoms with Gasteiger partial charge in [0.05, 0.1) is 0 Å². The van der Waals surface area contributed by atoms with E-state index in [0.29, 0.717) is 0 Å². The number of amides is 1. The molecule has 4 rings (SSSR count). The molecule has 142 valence electrons. The van der Waals surface area contributed by atoms with E-state index in [1.807, 2.05) is 24.3 Å². The topological polar surface area (TPSA) is 41.6 Å². The number of benzene rings is 2. The first-order chi connectivity index (χ1) is 13.3. The summed E-state index contributed by atoms with van der Waals surface area (Å²) in [7, 11) is 0. The lowest BCUT2D eigenvalue weighted by Crippen LogP contribution is -2.29. The number of hydrogen-bond donors (Lipinski definition) is 1. The van der Waals surface area contributed by atoms with E-state index in [0.717, 1.165) is 37.4 Å². The number of nitrogens with zero attached hydrogens (tertiary/aromatic N) is 1. The summed E-state index contributed by atoms with van der Waals surface area (Å²) in [4.78, 5) is 14.7. The number of piperidine rings is 1. The molecular formula is C23H28N2O2. The molecule has 1 aliphatic heterocycles. The van der Waals surface area contributed by atoms with E-state index in [-0.39, 0.29) is 12.5 Å². The van der Waals surface area contributed by atoms with Gasteiger partial charge in [-0.15, -0.1) is 0 Å². The van der Waals surface area contributed by atoms with Gasteiger partial charge in [-0.1, -0.05) is 12.1 Å². The zero-order chi connectivity index (χ0) is 18.5. The van der Waals surface area contributed by atoms with Crippen LogP contribution in [0.15, 0.2) is 42.5 Å². The molecular weight excluding hydrogens is 336 g/mol. The highest BCUT2D eigenvalue weighted by molar-refractivity contribution is 5.92. The van der Waals surface area contributed by atoms with E-state index in [1.165, 1.54) is 48.9 Å². The van der Waals surface area contributed by atoms with E-state index in [1.54, 1.807) is 0 Å². The number of aryl methyl sites for hydroxylation is 1. The minimum Gasteiger partial charge on any atom is -0.483 e. The Kier molecular flexibility index (Phi) is 5.61. The van der Waals surface area contributed by atoms with Gasteiger partial charge in [0.2, 0.25) is 0 Å². The number of carbonyl (C=O) groups is 1. The molecule has 1 saturated heterocycles. The second-order valence-electron chi connectivity index (χ2n) is 7.53. The molecule has 4 nitrogen and oxygen atoms in total. The molecule has 4 heteroatoms. The lowest BCUT2D eigenvalue weighted by atomic mass is 9.91. The van der Waals surface area contributed by atoms with Gasteiger partial charge in [0, 0.05) is 24.5 Å². The number of hydrogen-bond acceptors (Lipinski definition) is 3. The lowest BCUT2D eigenvalue weighted by molar-refractivity contribution is -0.118. The zero-order valence-corrected chi connectivity index (χ0v) is 15.9. The molecule has 0 unspecified atom stereocenters. The van der Waals surface area contributed by atoms with E-state index in [4.69, 9.17) is 4.74 Å². The molecule has 27 heavy (non-hydrogen) atoms. The molecule has 0 bridgehead atoms. The molecule has 1 heterocycles. The third-order valence-electron chi connectivity index (χ3n) is 5.58. The van der Waals surface area contributed by atoms with Gasteiger partial charge in [0.15, 0.2) is 6.61 Å². The Balaban J connectivity index is 1.32. The molecule has 1 amide bonds. The minimum absolute atomic E-state index is 0.0460. The van der Waals surface area contributed by atoms with Crippen LogP contribution in [0.5, 0.6) is 5.75 Å². The van der Waals surface area contributed by atoms with Gasteiger partial charge in [0.1, 0.15) is 5.75 Å². The third kappa shape index (κ3) is 4.44. The van der Waals surface area contributed by atoms with Crippen molar-refractivity contribution in [2.75, 3.05) is 29.9 Å². The fourth-order valence-electron chi connectivity index (χ4n) is 4.13. The molecule has 2 aromatic carbocycles. The zero-order valence-electron chi connectivity index (χ0n) is 15.9. The molecule has 2 aliphatic rings. The highest BCUT2D eigenvalue weighted by Crippen LogP contribution is 2.29. The van der Waals surface area contributed by atoms with Crippen LogP contribution in [-0.4, -0.2) is 25.6 Å². The second-order valence-corrected chi connectivity index (χ2v) is 7.53. The average molecular weight is 364 g/mol. The SMILES string of the molecule is O=C(COc1cccc2c1CCCC2)Nc1ccc(N2CCCCC2)cc1. The van der Waals surface area contributed by atoms with Crippen LogP contribution in [0.3, 0.4) is 0 Å². The average Bonchev–Trinajstić information content (AvgIpc) is 2.73. The standard InChI is InChI=1S/C23H28N2O2/c26-23(17-27-22-10-6-8-18-7-2-3-9-21(18)22)24-19-11-13-20(14-12-19)25-15-4-1-5-16-25/h6,8,10-14H,1-5,7,9,15-17H2,(H,24,26). The number of anilines is 2. The van der Waals surface area contributed by atoms with Gasteiger partial charge >= 0.3 is 0 Å². The van der Waals surface area contributed by atoms with Crippen molar-refractivity contribution in [3.8, 4) is 5.75 Å². The van der Waals surface area contributed by atoms with Crippen molar-refractivity contribution >= 4 is 17.3 Å². The van der Waals surface area contributed by atoms with E-state index in [2.05, 4.69) is 28.4 Å². The van der Waals surface area contributed by atoms with Gasteiger partial charge in [-0.05, 0) is 86.4 Å². The van der Waals surface area contributed by atoms with Crippen molar-refractivity contribution in [1.82, 2.24) is 0 Å². The van der Waals surface area contributed by atoms with Crippen molar-refractivity contribution in [3.05, 3.63) is 53.6 Å². The largest absolute Gasteiger partial charge is 0.483 e. The van der Waals surface area contributed by atoms with Crippen LogP contribution in [0, 0.1) is 0 Å². The van der Waals surface area contributed by atoms with E-state index >= 15 is 0 Å². The van der Waals surface area contributed by atoms with E-state index in [9.17, 15) is 4.79 Å². The number of rotatable bonds is 5. The van der Waals surface area contributed by atoms with Gasteiger partial charge in [0.25, 0.3) is 5.91 Å². The van der Waals surface area contributed by atoms with Gasteiger partial charge in [-0.2, -0.15) is 0 Å². The normalized spacial score (nSPS) is 16.5. The molecule has 2 aromatic rings. The van der Waals surface area contributed by atoms with Crippen LogP contribution < -0.4 is 15.0 Å². The van der Waals surface area contributed by atoms with Crippen molar-refractivity contribution in [2.45, 2.75) is 44.9 Å². The van der Waals surface area contributed by atoms with Crippen molar-refractivity contribution in [1.29, 1.82) is 0 Å². The number of nitrogens with one attached hydrogen (secondary N) is 1. The van der Waals surface area contributed by atoms with Crippen LogP contribution in [0.1, 0.15) is 43.2 Å². The molecule has 1 N–H and O–H groups in total. The fraction of sp³-hybridized carbons (Fsp3) is 0.435. The van der Waals surface area contributed by atoms with Crippen molar-refractivity contribution in [2.24, 2.45) is 0 Å². The number of ether oxygens (including phenoxy) is 1. The summed E-state index contributed by atoms with van der Waals surface area (Å²) in [5.74, 6) is 0.747. The monoisotopic (exact) mass is 364 g/mol. The molecule has 1 aliphatic carbocycles. The van der Waals surface area contributed by atoms with Crippen LogP contribution in [-0.2, 0) is 17.6 Å². The van der Waals surface area contributed by atoms with Crippen molar-refractivity contribution in [3.63, 3.8) is 0 Å². The first kappa shape index (κ1) is 17.9. The maximum Gasteiger partial charge on any atom is 0.262 e. The molecule has 0 aromatic heterocycles. The van der Waals surface area contributed by atoms with E-state index < -0.39 is 0 Å². The Morgan fingerprint density at radius 2 is 1.70 bits per heavy atom.